The minimum atomic E-state index is -0.985. The second-order valence-electron chi connectivity index (χ2n) is 3.54. The molecule has 0 aliphatic heterocycles. The van der Waals surface area contributed by atoms with Gasteiger partial charge in [-0.2, -0.15) is 0 Å². The molecule has 2 amide bonds. The monoisotopic (exact) mass is 228 g/mol. The van der Waals surface area contributed by atoms with Crippen LogP contribution in [0.1, 0.15) is 20.3 Å². The number of carbonyl (C=O) groups excluding carboxylic acids is 1. The lowest BCUT2D eigenvalue weighted by Crippen LogP contribution is -2.35. The SMILES string of the molecule is CCC(C)NC(=O)Nc1ccc(F)c(F)c1. The van der Waals surface area contributed by atoms with Gasteiger partial charge in [0.15, 0.2) is 11.6 Å². The molecule has 0 saturated heterocycles. The summed E-state index contributed by atoms with van der Waals surface area (Å²) in [5.41, 5.74) is 0.222. The second kappa shape index (κ2) is 5.44. The molecule has 1 atom stereocenters. The summed E-state index contributed by atoms with van der Waals surface area (Å²) >= 11 is 0. The van der Waals surface area contributed by atoms with Crippen LogP contribution >= 0.6 is 0 Å². The highest BCUT2D eigenvalue weighted by Gasteiger charge is 2.07. The molecule has 0 aliphatic carbocycles. The van der Waals surface area contributed by atoms with E-state index < -0.39 is 17.7 Å². The standard InChI is InChI=1S/C11H14F2N2O/c1-3-7(2)14-11(16)15-8-4-5-9(12)10(13)6-8/h4-7H,3H2,1-2H3,(H2,14,15,16). The van der Waals surface area contributed by atoms with Crippen molar-refractivity contribution in [1.82, 2.24) is 5.32 Å². The van der Waals surface area contributed by atoms with Crippen molar-refractivity contribution >= 4 is 11.7 Å². The molecule has 0 spiro atoms. The summed E-state index contributed by atoms with van der Waals surface area (Å²) in [7, 11) is 0. The highest BCUT2D eigenvalue weighted by molar-refractivity contribution is 5.89. The van der Waals surface area contributed by atoms with Gasteiger partial charge in [-0.3, -0.25) is 0 Å². The molecule has 16 heavy (non-hydrogen) atoms. The molecule has 0 fully saturated rings. The molecule has 1 rings (SSSR count). The Balaban J connectivity index is 2.59. The number of urea groups is 1. The molecule has 2 N–H and O–H groups in total. The van der Waals surface area contributed by atoms with E-state index in [-0.39, 0.29) is 11.7 Å². The fourth-order valence-electron chi connectivity index (χ4n) is 1.07. The maximum Gasteiger partial charge on any atom is 0.319 e. The number of anilines is 1. The van der Waals surface area contributed by atoms with E-state index >= 15 is 0 Å². The van der Waals surface area contributed by atoms with Gasteiger partial charge < -0.3 is 10.6 Å². The summed E-state index contributed by atoms with van der Waals surface area (Å²) < 4.78 is 25.4. The van der Waals surface area contributed by atoms with Crippen LogP contribution in [-0.4, -0.2) is 12.1 Å². The summed E-state index contributed by atoms with van der Waals surface area (Å²) in [6, 6.07) is 2.81. The molecule has 1 aromatic rings. The molecule has 0 aromatic heterocycles. The molecular weight excluding hydrogens is 214 g/mol. The number of hydrogen-bond donors (Lipinski definition) is 2. The average Bonchev–Trinajstić information content (AvgIpc) is 2.23. The predicted molar refractivity (Wildman–Crippen MR) is 58.3 cm³/mol. The van der Waals surface area contributed by atoms with Crippen molar-refractivity contribution in [2.75, 3.05) is 5.32 Å². The summed E-state index contributed by atoms with van der Waals surface area (Å²) in [4.78, 5) is 11.3. The van der Waals surface area contributed by atoms with Crippen LogP contribution in [0.5, 0.6) is 0 Å². The number of rotatable bonds is 3. The van der Waals surface area contributed by atoms with Crippen molar-refractivity contribution in [2.24, 2.45) is 0 Å². The zero-order valence-corrected chi connectivity index (χ0v) is 9.18. The van der Waals surface area contributed by atoms with Gasteiger partial charge in [-0.05, 0) is 25.5 Å². The van der Waals surface area contributed by atoms with Crippen LogP contribution in [0.15, 0.2) is 18.2 Å². The molecule has 0 bridgehead atoms. The van der Waals surface area contributed by atoms with E-state index in [4.69, 9.17) is 0 Å². The quantitative estimate of drug-likeness (QED) is 0.820. The van der Waals surface area contributed by atoms with Gasteiger partial charge in [0.1, 0.15) is 0 Å². The van der Waals surface area contributed by atoms with Crippen LogP contribution in [0.2, 0.25) is 0 Å². The normalized spacial score (nSPS) is 12.0. The van der Waals surface area contributed by atoms with Gasteiger partial charge >= 0.3 is 6.03 Å². The van der Waals surface area contributed by atoms with E-state index in [2.05, 4.69) is 10.6 Å². The smallest absolute Gasteiger partial charge is 0.319 e. The Morgan fingerprint density at radius 2 is 2.06 bits per heavy atom. The Hall–Kier alpha value is -1.65. The van der Waals surface area contributed by atoms with Gasteiger partial charge in [0.25, 0.3) is 0 Å². The van der Waals surface area contributed by atoms with Crippen LogP contribution in [0.25, 0.3) is 0 Å². The van der Waals surface area contributed by atoms with Crippen molar-refractivity contribution < 1.29 is 13.6 Å². The first-order valence-corrected chi connectivity index (χ1v) is 5.05. The van der Waals surface area contributed by atoms with E-state index in [1.165, 1.54) is 6.07 Å². The predicted octanol–water partition coefficient (Wildman–Crippen LogP) is 2.88. The van der Waals surface area contributed by atoms with Gasteiger partial charge in [-0.1, -0.05) is 6.92 Å². The number of nitrogens with one attached hydrogen (secondary N) is 2. The third-order valence-electron chi connectivity index (χ3n) is 2.17. The van der Waals surface area contributed by atoms with Crippen LogP contribution in [-0.2, 0) is 0 Å². The first-order chi connectivity index (χ1) is 7.52. The number of halogens is 2. The maximum atomic E-state index is 12.8. The van der Waals surface area contributed by atoms with Crippen molar-refractivity contribution in [3.63, 3.8) is 0 Å². The zero-order valence-electron chi connectivity index (χ0n) is 9.18. The fourth-order valence-corrected chi connectivity index (χ4v) is 1.07. The van der Waals surface area contributed by atoms with Gasteiger partial charge in [-0.15, -0.1) is 0 Å². The molecule has 88 valence electrons. The van der Waals surface area contributed by atoms with Crippen molar-refractivity contribution in [1.29, 1.82) is 0 Å². The van der Waals surface area contributed by atoms with Gasteiger partial charge in [-0.25, -0.2) is 13.6 Å². The van der Waals surface area contributed by atoms with Gasteiger partial charge in [0, 0.05) is 17.8 Å². The van der Waals surface area contributed by atoms with E-state index in [0.717, 1.165) is 18.6 Å². The number of amides is 2. The van der Waals surface area contributed by atoms with E-state index in [1.54, 1.807) is 0 Å². The third-order valence-corrected chi connectivity index (χ3v) is 2.17. The number of benzene rings is 1. The van der Waals surface area contributed by atoms with Crippen molar-refractivity contribution in [3.05, 3.63) is 29.8 Å². The summed E-state index contributed by atoms with van der Waals surface area (Å²) in [5, 5.41) is 5.06. The lowest BCUT2D eigenvalue weighted by molar-refractivity contribution is 0.249. The van der Waals surface area contributed by atoms with Gasteiger partial charge in [0.05, 0.1) is 0 Å². The lowest BCUT2D eigenvalue weighted by Gasteiger charge is -2.12. The number of carbonyl (C=O) groups is 1. The van der Waals surface area contributed by atoms with Crippen LogP contribution in [0, 0.1) is 11.6 Å². The topological polar surface area (TPSA) is 41.1 Å². The van der Waals surface area contributed by atoms with E-state index in [9.17, 15) is 13.6 Å². The zero-order chi connectivity index (χ0) is 12.1. The van der Waals surface area contributed by atoms with Crippen molar-refractivity contribution in [2.45, 2.75) is 26.3 Å². The molecule has 0 saturated carbocycles. The van der Waals surface area contributed by atoms with Crippen LogP contribution in [0.3, 0.4) is 0 Å². The summed E-state index contributed by atoms with van der Waals surface area (Å²) in [6.07, 6.45) is 0.797. The molecule has 1 aromatic carbocycles. The first kappa shape index (κ1) is 12.4. The minimum absolute atomic E-state index is 0.0327. The summed E-state index contributed by atoms with van der Waals surface area (Å²) in [6.45, 7) is 3.79. The molecule has 0 aliphatic rings. The largest absolute Gasteiger partial charge is 0.335 e. The fraction of sp³-hybridized carbons (Fsp3) is 0.364. The number of hydrogen-bond acceptors (Lipinski definition) is 1. The van der Waals surface area contributed by atoms with Crippen LogP contribution < -0.4 is 10.6 Å². The Labute approximate surface area is 92.8 Å². The van der Waals surface area contributed by atoms with Gasteiger partial charge in [0.2, 0.25) is 0 Å². The minimum Gasteiger partial charge on any atom is -0.335 e. The molecule has 5 heteroatoms. The molecule has 1 unspecified atom stereocenters. The molecular formula is C11H14F2N2O. The highest BCUT2D eigenvalue weighted by atomic mass is 19.2. The Kier molecular flexibility index (Phi) is 4.22. The van der Waals surface area contributed by atoms with E-state index in [1.807, 2.05) is 13.8 Å². The molecule has 3 nitrogen and oxygen atoms in total. The van der Waals surface area contributed by atoms with E-state index in [0.29, 0.717) is 0 Å². The van der Waals surface area contributed by atoms with Crippen molar-refractivity contribution in [3.8, 4) is 0 Å². The first-order valence-electron chi connectivity index (χ1n) is 5.05. The maximum absolute atomic E-state index is 12.8. The molecule has 0 radical (unpaired) electrons. The van der Waals surface area contributed by atoms with Crippen LogP contribution in [0.4, 0.5) is 19.3 Å². The summed E-state index contributed by atoms with van der Waals surface area (Å²) in [5.74, 6) is -1.92. The Morgan fingerprint density at radius 1 is 1.38 bits per heavy atom. The highest BCUT2D eigenvalue weighted by Crippen LogP contribution is 2.12. The third kappa shape index (κ3) is 3.49. The second-order valence-corrected chi connectivity index (χ2v) is 3.54. The Morgan fingerprint density at radius 3 is 2.62 bits per heavy atom. The Bertz CT molecular complexity index is 382. The lowest BCUT2D eigenvalue weighted by atomic mass is 10.2. The molecule has 0 heterocycles. The average molecular weight is 228 g/mol.